The van der Waals surface area contributed by atoms with Crippen molar-refractivity contribution in [3.63, 3.8) is 0 Å². The van der Waals surface area contributed by atoms with E-state index in [1.54, 1.807) is 0 Å². The van der Waals surface area contributed by atoms with Crippen molar-refractivity contribution < 1.29 is 0 Å². The fourth-order valence-electron chi connectivity index (χ4n) is 2.45. The van der Waals surface area contributed by atoms with Crippen LogP contribution >= 0.6 is 15.9 Å². The monoisotopic (exact) mass is 343 g/mol. The number of nitrogens with zero attached hydrogens (tertiary/aromatic N) is 3. The summed E-state index contributed by atoms with van der Waals surface area (Å²) in [4.78, 5) is 6.77. The van der Waals surface area contributed by atoms with Crippen LogP contribution in [0.25, 0.3) is 5.52 Å². The van der Waals surface area contributed by atoms with E-state index in [2.05, 4.69) is 72.8 Å². The molecule has 3 aromatic rings. The second kappa shape index (κ2) is 5.90. The SMILES string of the molecule is CN(C)c1ccn2c(CCc3ccccc3)nc(Br)c2c1. The zero-order chi connectivity index (χ0) is 14.8. The van der Waals surface area contributed by atoms with Crippen molar-refractivity contribution in [2.75, 3.05) is 19.0 Å². The lowest BCUT2D eigenvalue weighted by molar-refractivity contribution is 0.852. The van der Waals surface area contributed by atoms with Crippen LogP contribution in [0.3, 0.4) is 0 Å². The standard InChI is InChI=1S/C17H18BrN3/c1-20(2)14-10-11-21-15(12-14)17(18)19-16(21)9-8-13-6-4-3-5-7-13/h3-7,10-12H,8-9H2,1-2H3. The van der Waals surface area contributed by atoms with Gasteiger partial charge in [-0.25, -0.2) is 4.98 Å². The molecule has 4 heteroatoms. The molecule has 0 spiro atoms. The van der Waals surface area contributed by atoms with Gasteiger partial charge in [-0.3, -0.25) is 0 Å². The first-order chi connectivity index (χ1) is 10.1. The lowest BCUT2D eigenvalue weighted by Gasteiger charge is -2.12. The Balaban J connectivity index is 1.89. The largest absolute Gasteiger partial charge is 0.378 e. The maximum atomic E-state index is 4.67. The van der Waals surface area contributed by atoms with E-state index in [9.17, 15) is 0 Å². The Kier molecular flexibility index (Phi) is 3.97. The fourth-order valence-corrected chi connectivity index (χ4v) is 2.96. The number of benzene rings is 1. The van der Waals surface area contributed by atoms with Gasteiger partial charge in [-0.1, -0.05) is 30.3 Å². The van der Waals surface area contributed by atoms with E-state index in [1.165, 1.54) is 11.3 Å². The van der Waals surface area contributed by atoms with Crippen LogP contribution in [0.4, 0.5) is 5.69 Å². The molecular formula is C17H18BrN3. The smallest absolute Gasteiger partial charge is 0.132 e. The van der Waals surface area contributed by atoms with E-state index in [4.69, 9.17) is 0 Å². The number of halogens is 1. The second-order valence-corrected chi connectivity index (χ2v) is 6.09. The van der Waals surface area contributed by atoms with Gasteiger partial charge in [0.05, 0.1) is 5.52 Å². The molecule has 0 aliphatic rings. The maximum Gasteiger partial charge on any atom is 0.132 e. The zero-order valence-electron chi connectivity index (χ0n) is 12.3. The summed E-state index contributed by atoms with van der Waals surface area (Å²) in [6.07, 6.45) is 4.03. The van der Waals surface area contributed by atoms with Crippen molar-refractivity contribution in [1.29, 1.82) is 0 Å². The first-order valence-corrected chi connectivity index (χ1v) is 7.82. The average molecular weight is 344 g/mol. The van der Waals surface area contributed by atoms with Crippen LogP contribution in [-0.4, -0.2) is 23.5 Å². The van der Waals surface area contributed by atoms with E-state index < -0.39 is 0 Å². The summed E-state index contributed by atoms with van der Waals surface area (Å²) >= 11 is 3.58. The van der Waals surface area contributed by atoms with Crippen LogP contribution in [0.2, 0.25) is 0 Å². The molecule has 2 aromatic heterocycles. The molecule has 0 atom stereocenters. The summed E-state index contributed by atoms with van der Waals surface area (Å²) in [5.74, 6) is 1.09. The third kappa shape index (κ3) is 2.95. The quantitative estimate of drug-likeness (QED) is 0.714. The van der Waals surface area contributed by atoms with Crippen molar-refractivity contribution in [1.82, 2.24) is 9.38 Å². The maximum absolute atomic E-state index is 4.67. The number of fused-ring (bicyclic) bond motifs is 1. The summed E-state index contributed by atoms with van der Waals surface area (Å²) in [5, 5.41) is 0. The molecule has 0 unspecified atom stereocenters. The Bertz CT molecular complexity index is 747. The minimum Gasteiger partial charge on any atom is -0.378 e. The number of pyridine rings is 1. The summed E-state index contributed by atoms with van der Waals surface area (Å²) in [6.45, 7) is 0. The Labute approximate surface area is 133 Å². The van der Waals surface area contributed by atoms with Crippen molar-refractivity contribution >= 4 is 27.1 Å². The molecule has 0 aliphatic heterocycles. The van der Waals surface area contributed by atoms with Gasteiger partial charge in [-0.2, -0.15) is 0 Å². The third-order valence-corrected chi connectivity index (χ3v) is 4.24. The molecule has 21 heavy (non-hydrogen) atoms. The van der Waals surface area contributed by atoms with Crippen LogP contribution < -0.4 is 4.90 Å². The number of hydrogen-bond acceptors (Lipinski definition) is 2. The van der Waals surface area contributed by atoms with Gasteiger partial charge in [-0.15, -0.1) is 0 Å². The lowest BCUT2D eigenvalue weighted by atomic mass is 10.1. The minimum absolute atomic E-state index is 0.911. The summed E-state index contributed by atoms with van der Waals surface area (Å²) in [7, 11) is 4.10. The molecule has 108 valence electrons. The van der Waals surface area contributed by atoms with Crippen molar-refractivity contribution in [2.24, 2.45) is 0 Å². The van der Waals surface area contributed by atoms with Gasteiger partial charge in [0.25, 0.3) is 0 Å². The first-order valence-electron chi connectivity index (χ1n) is 7.03. The molecule has 0 saturated heterocycles. The molecule has 0 radical (unpaired) electrons. The number of aromatic nitrogens is 2. The highest BCUT2D eigenvalue weighted by molar-refractivity contribution is 9.10. The fraction of sp³-hybridized carbons (Fsp3) is 0.235. The highest BCUT2D eigenvalue weighted by atomic mass is 79.9. The van der Waals surface area contributed by atoms with E-state index in [1.807, 2.05) is 20.2 Å². The van der Waals surface area contributed by atoms with Crippen LogP contribution in [0.1, 0.15) is 11.4 Å². The molecule has 0 saturated carbocycles. The molecule has 0 amide bonds. The van der Waals surface area contributed by atoms with Gasteiger partial charge < -0.3 is 9.30 Å². The number of hydrogen-bond donors (Lipinski definition) is 0. The van der Waals surface area contributed by atoms with E-state index in [-0.39, 0.29) is 0 Å². The van der Waals surface area contributed by atoms with E-state index >= 15 is 0 Å². The number of imidazole rings is 1. The van der Waals surface area contributed by atoms with Gasteiger partial charge in [-0.05, 0) is 40.0 Å². The van der Waals surface area contributed by atoms with E-state index in [0.29, 0.717) is 0 Å². The number of rotatable bonds is 4. The molecule has 0 fully saturated rings. The molecule has 0 aliphatic carbocycles. The second-order valence-electron chi connectivity index (χ2n) is 5.34. The van der Waals surface area contributed by atoms with Gasteiger partial charge in [0.15, 0.2) is 0 Å². The topological polar surface area (TPSA) is 20.5 Å². The van der Waals surface area contributed by atoms with Crippen LogP contribution in [-0.2, 0) is 12.8 Å². The predicted octanol–water partition coefficient (Wildman–Crippen LogP) is 3.95. The van der Waals surface area contributed by atoms with Crippen LogP contribution in [0.15, 0.2) is 53.3 Å². The van der Waals surface area contributed by atoms with Gasteiger partial charge in [0.1, 0.15) is 10.4 Å². The summed E-state index contributed by atoms with van der Waals surface area (Å²) in [5.41, 5.74) is 3.64. The summed E-state index contributed by atoms with van der Waals surface area (Å²) in [6, 6.07) is 14.8. The number of anilines is 1. The normalized spacial score (nSPS) is 11.0. The van der Waals surface area contributed by atoms with Crippen molar-refractivity contribution in [3.05, 3.63) is 64.7 Å². The van der Waals surface area contributed by atoms with Crippen molar-refractivity contribution in [3.8, 4) is 0 Å². The molecule has 3 rings (SSSR count). The molecule has 2 heterocycles. The first kappa shape index (κ1) is 14.1. The van der Waals surface area contributed by atoms with Crippen molar-refractivity contribution in [2.45, 2.75) is 12.8 Å². The zero-order valence-corrected chi connectivity index (χ0v) is 13.8. The highest BCUT2D eigenvalue weighted by Crippen LogP contribution is 2.24. The molecule has 0 bridgehead atoms. The van der Waals surface area contributed by atoms with Gasteiger partial charge >= 0.3 is 0 Å². The van der Waals surface area contributed by atoms with Crippen LogP contribution in [0.5, 0.6) is 0 Å². The molecule has 1 aromatic carbocycles. The molecule has 3 nitrogen and oxygen atoms in total. The van der Waals surface area contributed by atoms with Gasteiger partial charge in [0, 0.05) is 32.4 Å². The molecular weight excluding hydrogens is 326 g/mol. The van der Waals surface area contributed by atoms with E-state index in [0.717, 1.165) is 28.8 Å². The average Bonchev–Trinajstić information content (AvgIpc) is 2.82. The number of aryl methyl sites for hydroxylation is 2. The third-order valence-electron chi connectivity index (χ3n) is 3.65. The van der Waals surface area contributed by atoms with Gasteiger partial charge in [0.2, 0.25) is 0 Å². The summed E-state index contributed by atoms with van der Waals surface area (Å²) < 4.78 is 3.08. The van der Waals surface area contributed by atoms with Crippen LogP contribution in [0, 0.1) is 0 Å². The predicted molar refractivity (Wildman–Crippen MR) is 91.1 cm³/mol. The lowest BCUT2D eigenvalue weighted by Crippen LogP contribution is -2.09. The minimum atomic E-state index is 0.911. The molecule has 0 N–H and O–H groups in total. The Morgan fingerprint density at radius 1 is 1.10 bits per heavy atom. The Morgan fingerprint density at radius 3 is 2.57 bits per heavy atom. The Hall–Kier alpha value is -1.81. The Morgan fingerprint density at radius 2 is 1.86 bits per heavy atom. The highest BCUT2D eigenvalue weighted by Gasteiger charge is 2.10.